The maximum atomic E-state index is 11.6. The molecule has 5 nitrogen and oxygen atoms in total. The third-order valence-electron chi connectivity index (χ3n) is 9.09. The molecule has 0 aromatic heterocycles. The number of carbonyl (C=O) groups is 1. The second-order valence-electron chi connectivity index (χ2n) is 12.3. The number of amides is 1. The van der Waals surface area contributed by atoms with E-state index in [1.165, 1.54) is 0 Å². The Morgan fingerprint density at radius 1 is 1.07 bits per heavy atom. The minimum Gasteiger partial charge on any atom is -0.390 e. The zero-order valence-electron chi connectivity index (χ0n) is 20.3. The fourth-order valence-electron chi connectivity index (χ4n) is 6.73. The highest BCUT2D eigenvalue weighted by molar-refractivity contribution is 5.72. The van der Waals surface area contributed by atoms with Gasteiger partial charge in [-0.15, -0.1) is 0 Å². The van der Waals surface area contributed by atoms with Crippen molar-refractivity contribution >= 4 is 5.91 Å². The highest BCUT2D eigenvalue weighted by atomic mass is 16.3. The highest BCUT2D eigenvalue weighted by Crippen LogP contribution is 2.54. The van der Waals surface area contributed by atoms with Crippen LogP contribution in [0.25, 0.3) is 0 Å². The van der Waals surface area contributed by atoms with Gasteiger partial charge in [-0.2, -0.15) is 0 Å². The molecule has 1 saturated heterocycles. The summed E-state index contributed by atoms with van der Waals surface area (Å²) in [6, 6.07) is 0.413. The molecular weight excluding hydrogens is 376 g/mol. The van der Waals surface area contributed by atoms with Crippen LogP contribution in [0.3, 0.4) is 0 Å². The number of hydrogen-bond donors (Lipinski definition) is 3. The van der Waals surface area contributed by atoms with Crippen LogP contribution >= 0.6 is 0 Å². The number of rotatable bonds is 4. The second kappa shape index (κ2) is 8.37. The number of nitrogens with zero attached hydrogens (tertiary/aromatic N) is 1. The van der Waals surface area contributed by atoms with Gasteiger partial charge in [-0.3, -0.25) is 9.69 Å². The third kappa shape index (κ3) is 4.73. The van der Waals surface area contributed by atoms with Gasteiger partial charge in [0.05, 0.1) is 11.2 Å². The van der Waals surface area contributed by atoms with Crippen LogP contribution in [0.2, 0.25) is 0 Å². The Hall–Kier alpha value is -0.650. The van der Waals surface area contributed by atoms with Gasteiger partial charge in [-0.1, -0.05) is 40.5 Å². The molecule has 0 aromatic carbocycles. The molecule has 0 unspecified atom stereocenters. The first-order chi connectivity index (χ1) is 13.8. The van der Waals surface area contributed by atoms with Crippen molar-refractivity contribution in [2.45, 2.75) is 123 Å². The normalized spacial score (nSPS) is 43.1. The third-order valence-corrected chi connectivity index (χ3v) is 9.09. The smallest absolute Gasteiger partial charge is 0.216 e. The number of fused-ring (bicyclic) bond motifs is 1. The van der Waals surface area contributed by atoms with Gasteiger partial charge in [0.25, 0.3) is 0 Å². The van der Waals surface area contributed by atoms with Gasteiger partial charge in [0.2, 0.25) is 5.91 Å². The molecule has 3 rings (SSSR count). The van der Waals surface area contributed by atoms with Gasteiger partial charge in [0.15, 0.2) is 0 Å². The molecule has 0 aromatic rings. The van der Waals surface area contributed by atoms with E-state index in [1.54, 1.807) is 6.92 Å². The van der Waals surface area contributed by atoms with Crippen molar-refractivity contribution < 1.29 is 15.0 Å². The fraction of sp³-hybridized carbons (Fsp3) is 0.960. The number of nitrogens with one attached hydrogen (secondary N) is 1. The Balaban J connectivity index is 1.81. The molecule has 2 aliphatic carbocycles. The van der Waals surface area contributed by atoms with E-state index in [4.69, 9.17) is 0 Å². The molecule has 1 aliphatic heterocycles. The van der Waals surface area contributed by atoms with E-state index in [-0.39, 0.29) is 23.4 Å². The SMILES string of the molecule is CC(=O)NC[C@H]1C[C@]2(C)[C@@H](CCCC[C@]2(C)O)N1CC1(O)CCC(C(C)(C)C)CC1. The molecule has 30 heavy (non-hydrogen) atoms. The summed E-state index contributed by atoms with van der Waals surface area (Å²) in [6.45, 7) is 14.0. The molecule has 4 atom stereocenters. The van der Waals surface area contributed by atoms with Gasteiger partial charge in [0.1, 0.15) is 0 Å². The van der Waals surface area contributed by atoms with Crippen LogP contribution in [-0.4, -0.2) is 57.4 Å². The molecule has 174 valence electrons. The molecule has 0 radical (unpaired) electrons. The zero-order chi connectivity index (χ0) is 22.4. The van der Waals surface area contributed by atoms with Crippen molar-refractivity contribution in [2.24, 2.45) is 16.7 Å². The van der Waals surface area contributed by atoms with Gasteiger partial charge in [0, 0.05) is 37.5 Å². The van der Waals surface area contributed by atoms with Crippen molar-refractivity contribution in [2.75, 3.05) is 13.1 Å². The molecule has 0 spiro atoms. The molecule has 1 heterocycles. The lowest BCUT2D eigenvalue weighted by Crippen LogP contribution is -2.55. The summed E-state index contributed by atoms with van der Waals surface area (Å²) < 4.78 is 0. The summed E-state index contributed by atoms with van der Waals surface area (Å²) in [7, 11) is 0. The number of hydrogen-bond acceptors (Lipinski definition) is 4. The maximum Gasteiger partial charge on any atom is 0.216 e. The van der Waals surface area contributed by atoms with Gasteiger partial charge < -0.3 is 15.5 Å². The van der Waals surface area contributed by atoms with Crippen molar-refractivity contribution in [3.05, 3.63) is 0 Å². The summed E-state index contributed by atoms with van der Waals surface area (Å²) in [6.07, 6.45) is 8.77. The van der Waals surface area contributed by atoms with Crippen molar-refractivity contribution in [3.63, 3.8) is 0 Å². The molecule has 2 saturated carbocycles. The monoisotopic (exact) mass is 422 g/mol. The van der Waals surface area contributed by atoms with Crippen molar-refractivity contribution in [1.82, 2.24) is 10.2 Å². The van der Waals surface area contributed by atoms with Crippen LogP contribution in [0.5, 0.6) is 0 Å². The zero-order valence-corrected chi connectivity index (χ0v) is 20.3. The van der Waals surface area contributed by atoms with Crippen molar-refractivity contribution in [1.29, 1.82) is 0 Å². The van der Waals surface area contributed by atoms with Crippen LogP contribution in [0.4, 0.5) is 0 Å². The Morgan fingerprint density at radius 3 is 2.27 bits per heavy atom. The summed E-state index contributed by atoms with van der Waals surface area (Å²) in [5.74, 6) is 0.652. The lowest BCUT2D eigenvalue weighted by atomic mass is 9.67. The fourth-order valence-corrected chi connectivity index (χ4v) is 6.73. The van der Waals surface area contributed by atoms with Crippen LogP contribution in [0.1, 0.15) is 99.3 Å². The molecule has 1 amide bonds. The summed E-state index contributed by atoms with van der Waals surface area (Å²) in [4.78, 5) is 14.1. The highest BCUT2D eigenvalue weighted by Gasteiger charge is 2.59. The Bertz CT molecular complexity index is 618. The standard InChI is InChI=1S/C25H46N2O3/c1-18(28)26-16-20-15-23(5)21(9-7-8-12-24(23,6)29)27(20)17-25(30)13-10-19(11-14-25)22(2,3)4/h19-21,29-30H,7-17H2,1-6H3,(H,26,28)/t19?,20-,21-,23-,24+,25?/m1/s1. The van der Waals surface area contributed by atoms with E-state index in [9.17, 15) is 15.0 Å². The van der Waals surface area contributed by atoms with E-state index in [0.29, 0.717) is 24.4 Å². The number of likely N-dealkylation sites (tertiary alicyclic amines) is 1. The first-order valence-electron chi connectivity index (χ1n) is 12.2. The molecule has 5 heteroatoms. The van der Waals surface area contributed by atoms with Crippen LogP contribution < -0.4 is 5.32 Å². The lowest BCUT2D eigenvalue weighted by molar-refractivity contribution is -0.119. The van der Waals surface area contributed by atoms with E-state index in [0.717, 1.165) is 57.8 Å². The largest absolute Gasteiger partial charge is 0.390 e. The van der Waals surface area contributed by atoms with Gasteiger partial charge in [-0.05, 0) is 63.2 Å². The quantitative estimate of drug-likeness (QED) is 0.643. The molecular formula is C25H46N2O3. The summed E-state index contributed by atoms with van der Waals surface area (Å²) in [5, 5.41) is 26.0. The van der Waals surface area contributed by atoms with Gasteiger partial charge in [-0.25, -0.2) is 0 Å². The first-order valence-corrected chi connectivity index (χ1v) is 12.2. The number of β-amino-alcohol motifs (C(OH)–C–C–N with tert-alkyl or cyclic N) is 1. The van der Waals surface area contributed by atoms with Crippen molar-refractivity contribution in [3.8, 4) is 0 Å². The van der Waals surface area contributed by atoms with E-state index < -0.39 is 11.2 Å². The average Bonchev–Trinajstić information content (AvgIpc) is 2.82. The molecule has 3 fully saturated rings. The van der Waals surface area contributed by atoms with Gasteiger partial charge >= 0.3 is 0 Å². The summed E-state index contributed by atoms with van der Waals surface area (Å²) >= 11 is 0. The number of aliphatic hydroxyl groups is 2. The predicted octanol–water partition coefficient (Wildman–Crippen LogP) is 3.86. The van der Waals surface area contributed by atoms with E-state index >= 15 is 0 Å². The van der Waals surface area contributed by atoms with E-state index in [2.05, 4.69) is 37.9 Å². The Morgan fingerprint density at radius 2 is 1.70 bits per heavy atom. The first kappa shape index (κ1) is 24.0. The minimum atomic E-state index is -0.718. The van der Waals surface area contributed by atoms with Crippen LogP contribution in [-0.2, 0) is 4.79 Å². The van der Waals surface area contributed by atoms with Crippen LogP contribution in [0.15, 0.2) is 0 Å². The topological polar surface area (TPSA) is 72.8 Å². The van der Waals surface area contributed by atoms with Crippen LogP contribution in [0, 0.1) is 16.7 Å². The number of carbonyl (C=O) groups excluding carboxylic acids is 1. The minimum absolute atomic E-state index is 0.0108. The Kier molecular flexibility index (Phi) is 6.69. The molecule has 0 bridgehead atoms. The maximum absolute atomic E-state index is 11.6. The Labute approximate surface area is 184 Å². The predicted molar refractivity (Wildman–Crippen MR) is 121 cm³/mol. The second-order valence-corrected chi connectivity index (χ2v) is 12.3. The lowest BCUT2D eigenvalue weighted by Gasteiger charge is -2.47. The average molecular weight is 423 g/mol. The summed E-state index contributed by atoms with van der Waals surface area (Å²) in [5.41, 5.74) is -1.31. The molecule has 3 N–H and O–H groups in total. The van der Waals surface area contributed by atoms with E-state index in [1.807, 2.05) is 6.92 Å². The molecule has 3 aliphatic rings.